The number of nitrogens with one attached hydrogen (secondary N) is 1. The summed E-state index contributed by atoms with van der Waals surface area (Å²) in [7, 11) is 0. The molecule has 0 bridgehead atoms. The molecule has 1 N–H and O–H groups in total. The molecule has 0 saturated carbocycles. The molecule has 1 heterocycles. The molecule has 2 aromatic rings. The van der Waals surface area contributed by atoms with Gasteiger partial charge in [-0.05, 0) is 43.2 Å². The lowest BCUT2D eigenvalue weighted by Crippen LogP contribution is -2.23. The fourth-order valence-electron chi connectivity index (χ4n) is 1.82. The van der Waals surface area contributed by atoms with Gasteiger partial charge < -0.3 is 5.32 Å². The first-order valence-electron chi connectivity index (χ1n) is 6.35. The molecule has 20 heavy (non-hydrogen) atoms. The maximum absolute atomic E-state index is 12.1. The van der Waals surface area contributed by atoms with Crippen molar-refractivity contribution in [3.05, 3.63) is 59.9 Å². The van der Waals surface area contributed by atoms with E-state index in [-0.39, 0.29) is 5.91 Å². The summed E-state index contributed by atoms with van der Waals surface area (Å²) < 4.78 is 0. The van der Waals surface area contributed by atoms with Crippen molar-refractivity contribution in [2.45, 2.75) is 13.3 Å². The van der Waals surface area contributed by atoms with E-state index in [4.69, 9.17) is 5.26 Å². The van der Waals surface area contributed by atoms with E-state index in [0.717, 1.165) is 11.1 Å². The minimum atomic E-state index is -0.710. The Morgan fingerprint density at radius 1 is 1.25 bits per heavy atom. The number of hydrogen-bond donors (Lipinski definition) is 1. The van der Waals surface area contributed by atoms with Gasteiger partial charge in [0.15, 0.2) is 0 Å². The maximum atomic E-state index is 12.1. The molecule has 0 fully saturated rings. The minimum absolute atomic E-state index is 0.284. The quantitative estimate of drug-likeness (QED) is 0.924. The summed E-state index contributed by atoms with van der Waals surface area (Å²) in [6.07, 6.45) is 3.69. The van der Waals surface area contributed by atoms with Crippen LogP contribution in [-0.4, -0.2) is 10.9 Å². The maximum Gasteiger partial charge on any atom is 0.242 e. The van der Waals surface area contributed by atoms with Crippen LogP contribution in [0.25, 0.3) is 0 Å². The zero-order valence-corrected chi connectivity index (χ0v) is 11.2. The third kappa shape index (κ3) is 3.66. The molecule has 1 aromatic heterocycles. The summed E-state index contributed by atoms with van der Waals surface area (Å²) in [6, 6.07) is 13.2. The standard InChI is InChI=1S/C16H15N3O/c1-12-2-4-15(5-3-12)19-16(20)14(11-17)10-13-6-8-18-9-7-13/h2-9,14H,10H2,1H3,(H,19,20). The molecule has 0 aliphatic heterocycles. The van der Waals surface area contributed by atoms with E-state index < -0.39 is 5.92 Å². The molecular formula is C16H15N3O. The van der Waals surface area contributed by atoms with Crippen molar-refractivity contribution in [2.75, 3.05) is 5.32 Å². The Hall–Kier alpha value is -2.67. The van der Waals surface area contributed by atoms with Crippen molar-refractivity contribution < 1.29 is 4.79 Å². The Balaban J connectivity index is 2.03. The van der Waals surface area contributed by atoms with Crippen LogP contribution < -0.4 is 5.32 Å². The first-order valence-corrected chi connectivity index (χ1v) is 6.35. The topological polar surface area (TPSA) is 65.8 Å². The van der Waals surface area contributed by atoms with Crippen molar-refractivity contribution >= 4 is 11.6 Å². The zero-order valence-electron chi connectivity index (χ0n) is 11.2. The number of nitriles is 1. The SMILES string of the molecule is Cc1ccc(NC(=O)C(C#N)Cc2ccncc2)cc1. The fourth-order valence-corrected chi connectivity index (χ4v) is 1.82. The fraction of sp³-hybridized carbons (Fsp3) is 0.188. The molecular weight excluding hydrogens is 250 g/mol. The zero-order chi connectivity index (χ0) is 14.4. The van der Waals surface area contributed by atoms with Crippen LogP contribution in [0.1, 0.15) is 11.1 Å². The molecule has 4 heteroatoms. The van der Waals surface area contributed by atoms with E-state index in [1.165, 1.54) is 0 Å². The van der Waals surface area contributed by atoms with Crippen molar-refractivity contribution in [1.29, 1.82) is 5.26 Å². The summed E-state index contributed by atoms with van der Waals surface area (Å²) in [4.78, 5) is 16.0. The van der Waals surface area contributed by atoms with Crippen molar-refractivity contribution in [3.8, 4) is 6.07 Å². The first kappa shape index (κ1) is 13.8. The van der Waals surface area contributed by atoms with Crippen LogP contribution in [0.15, 0.2) is 48.8 Å². The van der Waals surface area contributed by atoms with E-state index in [2.05, 4.69) is 10.3 Å². The molecule has 0 saturated heterocycles. The van der Waals surface area contributed by atoms with Crippen LogP contribution in [0.2, 0.25) is 0 Å². The van der Waals surface area contributed by atoms with Gasteiger partial charge in [0, 0.05) is 18.1 Å². The van der Waals surface area contributed by atoms with Crippen LogP contribution in [0.3, 0.4) is 0 Å². The van der Waals surface area contributed by atoms with E-state index in [0.29, 0.717) is 12.1 Å². The van der Waals surface area contributed by atoms with E-state index in [9.17, 15) is 4.79 Å². The average molecular weight is 265 g/mol. The molecule has 1 atom stereocenters. The van der Waals surface area contributed by atoms with Gasteiger partial charge in [0.05, 0.1) is 6.07 Å². The molecule has 0 spiro atoms. The predicted molar refractivity (Wildman–Crippen MR) is 76.9 cm³/mol. The lowest BCUT2D eigenvalue weighted by atomic mass is 10.0. The van der Waals surface area contributed by atoms with Gasteiger partial charge in [-0.15, -0.1) is 0 Å². The van der Waals surface area contributed by atoms with Gasteiger partial charge in [-0.3, -0.25) is 9.78 Å². The Bertz CT molecular complexity index is 614. The monoisotopic (exact) mass is 265 g/mol. The van der Waals surface area contributed by atoms with E-state index in [1.807, 2.05) is 49.4 Å². The number of rotatable bonds is 4. The van der Waals surface area contributed by atoms with Crippen molar-refractivity contribution in [1.82, 2.24) is 4.98 Å². The number of amides is 1. The number of aryl methyl sites for hydroxylation is 1. The van der Waals surface area contributed by atoms with Crippen LogP contribution in [0.4, 0.5) is 5.69 Å². The van der Waals surface area contributed by atoms with Crippen LogP contribution in [0, 0.1) is 24.2 Å². The first-order chi connectivity index (χ1) is 9.69. The highest BCUT2D eigenvalue weighted by Crippen LogP contribution is 2.13. The van der Waals surface area contributed by atoms with Crippen molar-refractivity contribution in [2.24, 2.45) is 5.92 Å². The molecule has 0 radical (unpaired) electrons. The number of carbonyl (C=O) groups excluding carboxylic acids is 1. The smallest absolute Gasteiger partial charge is 0.242 e. The number of hydrogen-bond acceptors (Lipinski definition) is 3. The van der Waals surface area contributed by atoms with Crippen LogP contribution in [-0.2, 0) is 11.2 Å². The lowest BCUT2D eigenvalue weighted by molar-refractivity contribution is -0.118. The number of nitrogens with zero attached hydrogens (tertiary/aromatic N) is 2. The second-order valence-corrected chi connectivity index (χ2v) is 4.60. The largest absolute Gasteiger partial charge is 0.325 e. The number of anilines is 1. The summed E-state index contributed by atoms with van der Waals surface area (Å²) >= 11 is 0. The van der Waals surface area contributed by atoms with Gasteiger partial charge in [-0.25, -0.2) is 0 Å². The minimum Gasteiger partial charge on any atom is -0.325 e. The highest BCUT2D eigenvalue weighted by Gasteiger charge is 2.18. The summed E-state index contributed by atoms with van der Waals surface area (Å²) in [6.45, 7) is 1.98. The molecule has 0 aliphatic carbocycles. The molecule has 1 unspecified atom stereocenters. The molecule has 1 amide bonds. The number of carbonyl (C=O) groups is 1. The summed E-state index contributed by atoms with van der Waals surface area (Å²) in [5.41, 5.74) is 2.75. The van der Waals surface area contributed by atoms with Gasteiger partial charge in [-0.2, -0.15) is 5.26 Å². The Morgan fingerprint density at radius 2 is 1.90 bits per heavy atom. The Labute approximate surface area is 118 Å². The Kier molecular flexibility index (Phi) is 4.46. The molecule has 100 valence electrons. The number of benzene rings is 1. The average Bonchev–Trinajstić information content (AvgIpc) is 2.48. The predicted octanol–water partition coefficient (Wildman–Crippen LogP) is 2.71. The normalized spacial score (nSPS) is 11.4. The van der Waals surface area contributed by atoms with Gasteiger partial charge in [0.2, 0.25) is 5.91 Å². The van der Waals surface area contributed by atoms with E-state index >= 15 is 0 Å². The van der Waals surface area contributed by atoms with Crippen LogP contribution >= 0.6 is 0 Å². The number of aromatic nitrogens is 1. The van der Waals surface area contributed by atoms with Gasteiger partial charge in [-0.1, -0.05) is 17.7 Å². The third-order valence-electron chi connectivity index (χ3n) is 2.98. The highest BCUT2D eigenvalue weighted by atomic mass is 16.1. The van der Waals surface area contributed by atoms with Crippen LogP contribution in [0.5, 0.6) is 0 Å². The van der Waals surface area contributed by atoms with Crippen molar-refractivity contribution in [3.63, 3.8) is 0 Å². The summed E-state index contributed by atoms with van der Waals surface area (Å²) in [5.74, 6) is -0.994. The van der Waals surface area contributed by atoms with Gasteiger partial charge >= 0.3 is 0 Å². The second kappa shape index (κ2) is 6.48. The van der Waals surface area contributed by atoms with Gasteiger partial charge in [0.25, 0.3) is 0 Å². The molecule has 2 rings (SSSR count). The number of pyridine rings is 1. The molecule has 1 aromatic carbocycles. The third-order valence-corrected chi connectivity index (χ3v) is 2.98. The Morgan fingerprint density at radius 3 is 2.50 bits per heavy atom. The highest BCUT2D eigenvalue weighted by molar-refractivity contribution is 5.94. The van der Waals surface area contributed by atoms with E-state index in [1.54, 1.807) is 12.4 Å². The summed E-state index contributed by atoms with van der Waals surface area (Å²) in [5, 5.41) is 11.9. The second-order valence-electron chi connectivity index (χ2n) is 4.60. The van der Waals surface area contributed by atoms with Gasteiger partial charge in [0.1, 0.15) is 5.92 Å². The molecule has 0 aliphatic rings. The lowest BCUT2D eigenvalue weighted by Gasteiger charge is -2.10. The molecule has 4 nitrogen and oxygen atoms in total.